The molecule has 0 spiro atoms. The number of carbonyl (C=O) groups is 1. The summed E-state index contributed by atoms with van der Waals surface area (Å²) in [5.74, 6) is -0.0529. The van der Waals surface area contributed by atoms with Gasteiger partial charge in [-0.1, -0.05) is 13.0 Å². The van der Waals surface area contributed by atoms with E-state index in [0.29, 0.717) is 18.6 Å². The van der Waals surface area contributed by atoms with Crippen molar-refractivity contribution in [3.8, 4) is 5.75 Å². The molecule has 98 valence electrons. The molecule has 0 heterocycles. The molecule has 0 fully saturated rings. The fourth-order valence-corrected chi connectivity index (χ4v) is 1.77. The highest BCUT2D eigenvalue weighted by Gasteiger charge is 2.05. The molecule has 0 amide bonds. The summed E-state index contributed by atoms with van der Waals surface area (Å²) in [5.41, 5.74) is 3.81. The largest absolute Gasteiger partial charge is 0.489 e. The lowest BCUT2D eigenvalue weighted by Crippen LogP contribution is -2.04. The Morgan fingerprint density at radius 1 is 1.33 bits per heavy atom. The second kappa shape index (κ2) is 6.24. The Morgan fingerprint density at radius 2 is 2.00 bits per heavy atom. The maximum absolute atomic E-state index is 10.8. The molecule has 0 radical (unpaired) electrons. The molecule has 18 heavy (non-hydrogen) atoms. The van der Waals surface area contributed by atoms with Crippen LogP contribution in [0.4, 0.5) is 0 Å². The van der Waals surface area contributed by atoms with E-state index >= 15 is 0 Å². The van der Waals surface area contributed by atoms with Crippen LogP contribution in [-0.4, -0.2) is 17.7 Å². The smallest absolute Gasteiger partial charge is 0.331 e. The summed E-state index contributed by atoms with van der Waals surface area (Å²) < 4.78 is 5.64. The third kappa shape index (κ3) is 3.62. The Balaban J connectivity index is 2.78. The Kier molecular flexibility index (Phi) is 4.95. The average Bonchev–Trinajstić information content (AvgIpc) is 2.30. The number of carboxylic acids is 1. The molecule has 0 saturated carbocycles. The minimum atomic E-state index is -0.877. The normalized spacial score (nSPS) is 11.4. The third-order valence-electron chi connectivity index (χ3n) is 2.99. The first-order valence-electron chi connectivity index (χ1n) is 6.08. The molecule has 0 aliphatic carbocycles. The SMILES string of the molecule is CCC(=CCOc1cc(C)cc(C)c1C)C(=O)O. The summed E-state index contributed by atoms with van der Waals surface area (Å²) in [5, 5.41) is 8.89. The van der Waals surface area contributed by atoms with Gasteiger partial charge in [-0.2, -0.15) is 0 Å². The highest BCUT2D eigenvalue weighted by molar-refractivity contribution is 5.86. The lowest BCUT2D eigenvalue weighted by Gasteiger charge is -2.11. The quantitative estimate of drug-likeness (QED) is 0.812. The number of hydrogen-bond acceptors (Lipinski definition) is 2. The summed E-state index contributed by atoms with van der Waals surface area (Å²) in [7, 11) is 0. The zero-order valence-corrected chi connectivity index (χ0v) is 11.4. The summed E-state index contributed by atoms with van der Waals surface area (Å²) in [6, 6.07) is 4.08. The number of aryl methyl sites for hydroxylation is 2. The van der Waals surface area contributed by atoms with Crippen LogP contribution in [0, 0.1) is 20.8 Å². The van der Waals surface area contributed by atoms with E-state index in [2.05, 4.69) is 6.07 Å². The monoisotopic (exact) mass is 248 g/mol. The van der Waals surface area contributed by atoms with Gasteiger partial charge in [0, 0.05) is 5.57 Å². The van der Waals surface area contributed by atoms with Gasteiger partial charge in [-0.15, -0.1) is 0 Å². The molecule has 1 rings (SSSR count). The van der Waals surface area contributed by atoms with Crippen LogP contribution in [0.5, 0.6) is 5.75 Å². The van der Waals surface area contributed by atoms with Crippen LogP contribution >= 0.6 is 0 Å². The van der Waals surface area contributed by atoms with E-state index in [0.717, 1.165) is 16.9 Å². The highest BCUT2D eigenvalue weighted by Crippen LogP contribution is 2.23. The molecule has 0 unspecified atom stereocenters. The lowest BCUT2D eigenvalue weighted by molar-refractivity contribution is -0.132. The minimum absolute atomic E-state index is 0.291. The second-order valence-electron chi connectivity index (χ2n) is 4.40. The standard InChI is InChI=1S/C15H20O3/c1-5-13(15(16)17)6-7-18-14-9-10(2)8-11(3)12(14)4/h6,8-9H,5,7H2,1-4H3,(H,16,17). The Hall–Kier alpha value is -1.77. The van der Waals surface area contributed by atoms with E-state index < -0.39 is 5.97 Å². The summed E-state index contributed by atoms with van der Waals surface area (Å²) in [4.78, 5) is 10.8. The van der Waals surface area contributed by atoms with Crippen molar-refractivity contribution in [3.05, 3.63) is 40.5 Å². The van der Waals surface area contributed by atoms with Crippen LogP contribution in [-0.2, 0) is 4.79 Å². The van der Waals surface area contributed by atoms with E-state index in [1.165, 1.54) is 5.56 Å². The fourth-order valence-electron chi connectivity index (χ4n) is 1.77. The molecule has 0 saturated heterocycles. The van der Waals surface area contributed by atoms with Crippen LogP contribution in [0.15, 0.2) is 23.8 Å². The number of aliphatic carboxylic acids is 1. The number of benzene rings is 1. The molecule has 1 aromatic rings. The van der Waals surface area contributed by atoms with Crippen molar-refractivity contribution >= 4 is 5.97 Å². The second-order valence-corrected chi connectivity index (χ2v) is 4.40. The molecule has 3 nitrogen and oxygen atoms in total. The topological polar surface area (TPSA) is 46.5 Å². The van der Waals surface area contributed by atoms with Crippen LogP contribution in [0.2, 0.25) is 0 Å². The predicted octanol–water partition coefficient (Wildman–Crippen LogP) is 3.41. The molecule has 1 aromatic carbocycles. The van der Waals surface area contributed by atoms with E-state index in [-0.39, 0.29) is 0 Å². The van der Waals surface area contributed by atoms with Gasteiger partial charge in [0.05, 0.1) is 0 Å². The van der Waals surface area contributed by atoms with Gasteiger partial charge in [0.15, 0.2) is 0 Å². The highest BCUT2D eigenvalue weighted by atomic mass is 16.5. The van der Waals surface area contributed by atoms with Gasteiger partial charge >= 0.3 is 5.97 Å². The Labute approximate surface area is 108 Å². The first kappa shape index (κ1) is 14.3. The molecule has 0 aliphatic heterocycles. The summed E-state index contributed by atoms with van der Waals surface area (Å²) >= 11 is 0. The van der Waals surface area contributed by atoms with E-state index in [1.807, 2.05) is 33.8 Å². The maximum atomic E-state index is 10.8. The summed E-state index contributed by atoms with van der Waals surface area (Å²) in [6.07, 6.45) is 2.13. The Bertz CT molecular complexity index is 473. The van der Waals surface area contributed by atoms with E-state index in [9.17, 15) is 4.79 Å². The molecule has 3 heteroatoms. The molecule has 0 aliphatic rings. The van der Waals surface area contributed by atoms with Crippen LogP contribution < -0.4 is 4.74 Å². The number of ether oxygens (including phenoxy) is 1. The predicted molar refractivity (Wildman–Crippen MR) is 72.2 cm³/mol. The summed E-state index contributed by atoms with van der Waals surface area (Å²) in [6.45, 7) is 8.18. The number of rotatable bonds is 5. The van der Waals surface area contributed by atoms with Gasteiger partial charge in [0.1, 0.15) is 12.4 Å². The van der Waals surface area contributed by atoms with Crippen molar-refractivity contribution in [1.82, 2.24) is 0 Å². The van der Waals surface area contributed by atoms with Gasteiger partial charge in [0.2, 0.25) is 0 Å². The third-order valence-corrected chi connectivity index (χ3v) is 2.99. The minimum Gasteiger partial charge on any atom is -0.489 e. The average molecular weight is 248 g/mol. The Morgan fingerprint density at radius 3 is 2.56 bits per heavy atom. The first-order chi connectivity index (χ1) is 8.45. The molecule has 0 bridgehead atoms. The van der Waals surface area contributed by atoms with Gasteiger partial charge in [-0.05, 0) is 56.0 Å². The van der Waals surface area contributed by atoms with Gasteiger partial charge in [-0.3, -0.25) is 0 Å². The maximum Gasteiger partial charge on any atom is 0.331 e. The van der Waals surface area contributed by atoms with Crippen molar-refractivity contribution in [2.24, 2.45) is 0 Å². The molecular formula is C15H20O3. The van der Waals surface area contributed by atoms with Crippen LogP contribution in [0.25, 0.3) is 0 Å². The molecule has 0 aromatic heterocycles. The van der Waals surface area contributed by atoms with Crippen LogP contribution in [0.1, 0.15) is 30.0 Å². The van der Waals surface area contributed by atoms with Crippen molar-refractivity contribution < 1.29 is 14.6 Å². The zero-order valence-electron chi connectivity index (χ0n) is 11.4. The number of carboxylic acid groups (broad SMARTS) is 1. The van der Waals surface area contributed by atoms with E-state index in [4.69, 9.17) is 9.84 Å². The van der Waals surface area contributed by atoms with Gasteiger partial charge in [-0.25, -0.2) is 4.79 Å². The van der Waals surface area contributed by atoms with Crippen molar-refractivity contribution in [3.63, 3.8) is 0 Å². The zero-order chi connectivity index (χ0) is 13.7. The first-order valence-corrected chi connectivity index (χ1v) is 6.08. The molecule has 1 N–H and O–H groups in total. The molecule has 0 atom stereocenters. The lowest BCUT2D eigenvalue weighted by atomic mass is 10.1. The number of hydrogen-bond donors (Lipinski definition) is 1. The van der Waals surface area contributed by atoms with Crippen molar-refractivity contribution in [2.75, 3.05) is 6.61 Å². The van der Waals surface area contributed by atoms with Crippen molar-refractivity contribution in [2.45, 2.75) is 34.1 Å². The van der Waals surface area contributed by atoms with Crippen molar-refractivity contribution in [1.29, 1.82) is 0 Å². The van der Waals surface area contributed by atoms with Gasteiger partial charge < -0.3 is 9.84 Å². The van der Waals surface area contributed by atoms with Crippen LogP contribution in [0.3, 0.4) is 0 Å². The fraction of sp³-hybridized carbons (Fsp3) is 0.400. The molecular weight excluding hydrogens is 228 g/mol. The van der Waals surface area contributed by atoms with E-state index in [1.54, 1.807) is 6.08 Å². The van der Waals surface area contributed by atoms with Gasteiger partial charge in [0.25, 0.3) is 0 Å².